The highest BCUT2D eigenvalue weighted by atomic mass is 32.2. The van der Waals surface area contributed by atoms with Crippen LogP contribution in [0.3, 0.4) is 0 Å². The van der Waals surface area contributed by atoms with Crippen LogP contribution in [0.25, 0.3) is 0 Å². The number of hydrogen-bond acceptors (Lipinski definition) is 3. The maximum absolute atomic E-state index is 12.0. The minimum absolute atomic E-state index is 0.0381. The van der Waals surface area contributed by atoms with Crippen LogP contribution in [0.1, 0.15) is 39.2 Å². The largest absolute Gasteiger partial charge is 0.353 e. The lowest BCUT2D eigenvalue weighted by Gasteiger charge is -2.23. The predicted molar refractivity (Wildman–Crippen MR) is 95.0 cm³/mol. The summed E-state index contributed by atoms with van der Waals surface area (Å²) in [4.78, 5) is 11.9. The highest BCUT2D eigenvalue weighted by Crippen LogP contribution is 2.19. The van der Waals surface area contributed by atoms with E-state index in [4.69, 9.17) is 0 Å². The zero-order valence-electron chi connectivity index (χ0n) is 14.7. The van der Waals surface area contributed by atoms with Crippen LogP contribution < -0.4 is 9.62 Å². The number of benzene rings is 1. The molecule has 0 heterocycles. The molecule has 1 N–H and O–H groups in total. The maximum Gasteiger partial charge on any atom is 0.232 e. The molecule has 0 saturated carbocycles. The average Bonchev–Trinajstić information content (AvgIpc) is 2.41. The van der Waals surface area contributed by atoms with Crippen molar-refractivity contribution in [3.63, 3.8) is 0 Å². The van der Waals surface area contributed by atoms with E-state index >= 15 is 0 Å². The monoisotopic (exact) mass is 340 g/mol. The molecule has 0 aliphatic heterocycles. The topological polar surface area (TPSA) is 66.5 Å². The second kappa shape index (κ2) is 8.34. The van der Waals surface area contributed by atoms with Crippen molar-refractivity contribution in [2.75, 3.05) is 17.1 Å². The van der Waals surface area contributed by atoms with E-state index < -0.39 is 10.0 Å². The molecule has 0 bridgehead atoms. The van der Waals surface area contributed by atoms with Gasteiger partial charge in [0.25, 0.3) is 0 Å². The van der Waals surface area contributed by atoms with E-state index in [1.807, 2.05) is 45.9 Å². The van der Waals surface area contributed by atoms with Gasteiger partial charge in [-0.15, -0.1) is 0 Å². The number of anilines is 1. The Morgan fingerprint density at radius 3 is 2.43 bits per heavy atom. The number of carbonyl (C=O) groups is 1. The summed E-state index contributed by atoms with van der Waals surface area (Å²) in [7, 11) is -3.37. The molecule has 6 heteroatoms. The van der Waals surface area contributed by atoms with Gasteiger partial charge in [0, 0.05) is 19.0 Å². The summed E-state index contributed by atoms with van der Waals surface area (Å²) in [5.41, 5.74) is 1.64. The molecule has 23 heavy (non-hydrogen) atoms. The molecule has 1 amide bonds. The Morgan fingerprint density at radius 1 is 1.26 bits per heavy atom. The van der Waals surface area contributed by atoms with E-state index in [-0.39, 0.29) is 11.9 Å². The summed E-state index contributed by atoms with van der Waals surface area (Å²) in [6.07, 6.45) is 1.99. The third kappa shape index (κ3) is 6.60. The molecule has 1 aromatic rings. The molecule has 0 aliphatic rings. The first-order valence-corrected chi connectivity index (χ1v) is 9.80. The number of nitrogens with one attached hydrogen (secondary N) is 1. The van der Waals surface area contributed by atoms with E-state index in [9.17, 15) is 13.2 Å². The van der Waals surface area contributed by atoms with E-state index in [2.05, 4.69) is 5.32 Å². The number of sulfonamides is 1. The van der Waals surface area contributed by atoms with Gasteiger partial charge in [-0.2, -0.15) is 0 Å². The molecule has 1 atom stereocenters. The number of amides is 1. The molecular formula is C17H28N2O3S. The molecule has 0 fully saturated rings. The SMILES string of the molecule is Cc1cccc(N(CCCC(=O)N[C@H](C)C(C)C)S(C)(=O)=O)c1. The minimum Gasteiger partial charge on any atom is -0.353 e. The first-order valence-electron chi connectivity index (χ1n) is 7.95. The van der Waals surface area contributed by atoms with Crippen molar-refractivity contribution in [3.05, 3.63) is 29.8 Å². The van der Waals surface area contributed by atoms with Crippen LogP contribution in [0.4, 0.5) is 5.69 Å². The Balaban J connectivity index is 2.66. The van der Waals surface area contributed by atoms with E-state index in [0.717, 1.165) is 5.56 Å². The Labute approximate surface area is 140 Å². The number of hydrogen-bond donors (Lipinski definition) is 1. The minimum atomic E-state index is -3.37. The van der Waals surface area contributed by atoms with Crippen LogP contribution in [0.2, 0.25) is 0 Å². The van der Waals surface area contributed by atoms with Crippen LogP contribution in [0.15, 0.2) is 24.3 Å². The first kappa shape index (κ1) is 19.5. The molecule has 0 aromatic heterocycles. The van der Waals surface area contributed by atoms with Gasteiger partial charge in [-0.3, -0.25) is 9.10 Å². The molecule has 0 aliphatic carbocycles. The fourth-order valence-electron chi connectivity index (χ4n) is 2.15. The Hall–Kier alpha value is -1.56. The molecule has 0 radical (unpaired) electrons. The fraction of sp³-hybridized carbons (Fsp3) is 0.588. The van der Waals surface area contributed by atoms with Crippen molar-refractivity contribution in [2.24, 2.45) is 5.92 Å². The summed E-state index contributed by atoms with van der Waals surface area (Å²) in [6.45, 7) is 8.29. The normalized spacial score (nSPS) is 13.0. The number of carbonyl (C=O) groups excluding carboxylic acids is 1. The molecule has 1 rings (SSSR count). The van der Waals surface area contributed by atoms with Gasteiger partial charge in [0.05, 0.1) is 11.9 Å². The molecular weight excluding hydrogens is 312 g/mol. The standard InChI is InChI=1S/C17H28N2O3S/c1-13(2)15(4)18-17(20)10-7-11-19(23(5,21)22)16-9-6-8-14(3)12-16/h6,8-9,12-13,15H,7,10-11H2,1-5H3,(H,18,20)/t15-/m1/s1. The third-order valence-electron chi connectivity index (χ3n) is 3.84. The quantitative estimate of drug-likeness (QED) is 0.791. The van der Waals surface area contributed by atoms with Gasteiger partial charge in [0.1, 0.15) is 0 Å². The van der Waals surface area contributed by atoms with Gasteiger partial charge in [-0.05, 0) is 43.9 Å². The van der Waals surface area contributed by atoms with Crippen molar-refractivity contribution in [3.8, 4) is 0 Å². The Bertz CT molecular complexity index is 626. The summed E-state index contributed by atoms with van der Waals surface area (Å²) < 4.78 is 25.4. The van der Waals surface area contributed by atoms with Crippen LogP contribution in [-0.4, -0.2) is 33.2 Å². The fourth-order valence-corrected chi connectivity index (χ4v) is 3.10. The molecule has 0 spiro atoms. The van der Waals surface area contributed by atoms with Gasteiger partial charge >= 0.3 is 0 Å². The molecule has 0 unspecified atom stereocenters. The van der Waals surface area contributed by atoms with Gasteiger partial charge in [0.15, 0.2) is 0 Å². The van der Waals surface area contributed by atoms with Crippen molar-refractivity contribution in [1.29, 1.82) is 0 Å². The van der Waals surface area contributed by atoms with Crippen LogP contribution in [-0.2, 0) is 14.8 Å². The van der Waals surface area contributed by atoms with E-state index in [0.29, 0.717) is 31.0 Å². The van der Waals surface area contributed by atoms with Crippen LogP contribution >= 0.6 is 0 Å². The second-order valence-corrected chi connectivity index (χ2v) is 8.28. The van der Waals surface area contributed by atoms with Crippen molar-refractivity contribution >= 4 is 21.6 Å². The molecule has 0 saturated heterocycles. The molecule has 1 aromatic carbocycles. The molecule has 130 valence electrons. The van der Waals surface area contributed by atoms with Crippen molar-refractivity contribution < 1.29 is 13.2 Å². The van der Waals surface area contributed by atoms with Gasteiger partial charge < -0.3 is 5.32 Å². The number of nitrogens with zero attached hydrogens (tertiary/aromatic N) is 1. The second-order valence-electron chi connectivity index (χ2n) is 6.38. The third-order valence-corrected chi connectivity index (χ3v) is 5.04. The van der Waals surface area contributed by atoms with E-state index in [1.54, 1.807) is 6.07 Å². The van der Waals surface area contributed by atoms with Gasteiger partial charge in [0.2, 0.25) is 15.9 Å². The predicted octanol–water partition coefficient (Wildman–Crippen LogP) is 2.70. The van der Waals surface area contributed by atoms with Crippen LogP contribution in [0, 0.1) is 12.8 Å². The lowest BCUT2D eigenvalue weighted by molar-refractivity contribution is -0.122. The molecule has 5 nitrogen and oxygen atoms in total. The zero-order chi connectivity index (χ0) is 17.6. The average molecular weight is 340 g/mol. The smallest absolute Gasteiger partial charge is 0.232 e. The Morgan fingerprint density at radius 2 is 1.91 bits per heavy atom. The van der Waals surface area contributed by atoms with Crippen LogP contribution in [0.5, 0.6) is 0 Å². The van der Waals surface area contributed by atoms with E-state index in [1.165, 1.54) is 10.6 Å². The first-order chi connectivity index (χ1) is 10.6. The van der Waals surface area contributed by atoms with Crippen molar-refractivity contribution in [2.45, 2.75) is 46.6 Å². The number of rotatable bonds is 8. The summed E-state index contributed by atoms with van der Waals surface area (Å²) in [5, 5.41) is 2.93. The number of aryl methyl sites for hydroxylation is 1. The van der Waals surface area contributed by atoms with Crippen molar-refractivity contribution in [1.82, 2.24) is 5.32 Å². The maximum atomic E-state index is 12.0. The highest BCUT2D eigenvalue weighted by Gasteiger charge is 2.18. The highest BCUT2D eigenvalue weighted by molar-refractivity contribution is 7.92. The van der Waals surface area contributed by atoms with Gasteiger partial charge in [-0.1, -0.05) is 26.0 Å². The zero-order valence-corrected chi connectivity index (χ0v) is 15.5. The summed E-state index contributed by atoms with van der Waals surface area (Å²) >= 11 is 0. The Kier molecular flexibility index (Phi) is 7.06. The lowest BCUT2D eigenvalue weighted by Crippen LogP contribution is -2.37. The van der Waals surface area contributed by atoms with Gasteiger partial charge in [-0.25, -0.2) is 8.42 Å². The summed E-state index contributed by atoms with van der Waals surface area (Å²) in [5.74, 6) is 0.336. The lowest BCUT2D eigenvalue weighted by atomic mass is 10.1. The summed E-state index contributed by atoms with van der Waals surface area (Å²) in [6, 6.07) is 7.48.